The molecule has 0 aromatic heterocycles. The van der Waals surface area contributed by atoms with Crippen molar-refractivity contribution in [3.63, 3.8) is 0 Å². The molecule has 5 heteroatoms. The van der Waals surface area contributed by atoms with Gasteiger partial charge in [0.25, 0.3) is 0 Å². The molecule has 5 nitrogen and oxygen atoms in total. The highest BCUT2D eigenvalue weighted by molar-refractivity contribution is 5.78. The second-order valence-corrected chi connectivity index (χ2v) is 7.87. The molecule has 1 fully saturated rings. The Morgan fingerprint density at radius 2 is 1.70 bits per heavy atom. The van der Waals surface area contributed by atoms with Crippen LogP contribution in [0.15, 0.2) is 0 Å². The fourth-order valence-corrected chi connectivity index (χ4v) is 2.56. The molecule has 1 aliphatic heterocycles. The normalized spacial score (nSPS) is 19.0. The number of cyclic esters (lactones) is 2. The van der Waals surface area contributed by atoms with E-state index in [1.54, 1.807) is 6.92 Å². The maximum atomic E-state index is 12.1. The molecular formula is C15H26O5. The molecule has 0 amide bonds. The number of hydrogen-bond donors (Lipinski definition) is 0. The van der Waals surface area contributed by atoms with Crippen molar-refractivity contribution in [3.05, 3.63) is 0 Å². The molecular weight excluding hydrogens is 260 g/mol. The summed E-state index contributed by atoms with van der Waals surface area (Å²) in [5, 5.41) is 0. The molecule has 0 bridgehead atoms. The minimum absolute atomic E-state index is 0.00433. The Labute approximate surface area is 121 Å². The van der Waals surface area contributed by atoms with Crippen molar-refractivity contribution in [2.24, 2.45) is 16.2 Å². The number of carbonyl (C=O) groups excluding carboxylic acids is 2. The second-order valence-electron chi connectivity index (χ2n) is 7.87. The molecule has 0 spiro atoms. The van der Waals surface area contributed by atoms with Gasteiger partial charge in [0.15, 0.2) is 0 Å². The van der Waals surface area contributed by atoms with Gasteiger partial charge in [0.05, 0.1) is 6.61 Å². The van der Waals surface area contributed by atoms with Gasteiger partial charge < -0.3 is 14.2 Å². The van der Waals surface area contributed by atoms with Crippen LogP contribution in [0, 0.1) is 16.2 Å². The largest absolute Gasteiger partial charge is 0.508 e. The number of carbonyl (C=O) groups is 2. The minimum atomic E-state index is -0.911. The highest BCUT2D eigenvalue weighted by Gasteiger charge is 2.42. The second kappa shape index (κ2) is 5.62. The first-order valence-electron chi connectivity index (χ1n) is 6.90. The first kappa shape index (κ1) is 16.8. The van der Waals surface area contributed by atoms with Crippen molar-refractivity contribution in [1.82, 2.24) is 0 Å². The SMILES string of the molecule is CC(C)(C)CC(C)(C)COC(=O)C1(C)COC(=O)OC1. The summed E-state index contributed by atoms with van der Waals surface area (Å²) < 4.78 is 15.0. The number of ether oxygens (including phenoxy) is 3. The number of esters is 1. The Hall–Kier alpha value is -1.26. The van der Waals surface area contributed by atoms with Gasteiger partial charge in [-0.1, -0.05) is 34.6 Å². The quantitative estimate of drug-likeness (QED) is 0.743. The van der Waals surface area contributed by atoms with Crippen LogP contribution in [-0.2, 0) is 19.0 Å². The van der Waals surface area contributed by atoms with Crippen molar-refractivity contribution in [2.45, 2.75) is 48.0 Å². The average molecular weight is 286 g/mol. The van der Waals surface area contributed by atoms with Gasteiger partial charge in [-0.2, -0.15) is 0 Å². The van der Waals surface area contributed by atoms with Crippen molar-refractivity contribution in [3.8, 4) is 0 Å². The summed E-state index contributed by atoms with van der Waals surface area (Å²) in [6, 6.07) is 0. The maximum absolute atomic E-state index is 12.1. The lowest BCUT2D eigenvalue weighted by Gasteiger charge is -2.34. The van der Waals surface area contributed by atoms with Gasteiger partial charge in [0.1, 0.15) is 18.6 Å². The van der Waals surface area contributed by atoms with E-state index in [-0.39, 0.29) is 30.0 Å². The van der Waals surface area contributed by atoms with E-state index in [0.717, 1.165) is 6.42 Å². The molecule has 1 aliphatic rings. The zero-order valence-corrected chi connectivity index (χ0v) is 13.4. The molecule has 0 aliphatic carbocycles. The summed E-state index contributed by atoms with van der Waals surface area (Å²) in [7, 11) is 0. The summed E-state index contributed by atoms with van der Waals surface area (Å²) in [5.74, 6) is -0.382. The van der Waals surface area contributed by atoms with Gasteiger partial charge in [-0.05, 0) is 24.2 Å². The van der Waals surface area contributed by atoms with Crippen LogP contribution in [0.25, 0.3) is 0 Å². The Morgan fingerprint density at radius 1 is 1.20 bits per heavy atom. The van der Waals surface area contributed by atoms with Crippen LogP contribution in [0.5, 0.6) is 0 Å². The van der Waals surface area contributed by atoms with Gasteiger partial charge in [0.2, 0.25) is 0 Å². The third-order valence-electron chi connectivity index (χ3n) is 3.11. The molecule has 116 valence electrons. The van der Waals surface area contributed by atoms with Crippen LogP contribution in [0.1, 0.15) is 48.0 Å². The lowest BCUT2D eigenvalue weighted by atomic mass is 9.77. The number of rotatable bonds is 4. The van der Waals surface area contributed by atoms with E-state index in [4.69, 9.17) is 14.2 Å². The van der Waals surface area contributed by atoms with Crippen molar-refractivity contribution >= 4 is 12.1 Å². The van der Waals surface area contributed by atoms with Crippen molar-refractivity contribution in [2.75, 3.05) is 19.8 Å². The first-order chi connectivity index (χ1) is 8.94. The van der Waals surface area contributed by atoms with Crippen LogP contribution >= 0.6 is 0 Å². The maximum Gasteiger partial charge on any atom is 0.508 e. The van der Waals surface area contributed by atoms with Crippen LogP contribution < -0.4 is 0 Å². The summed E-state index contributed by atoms with van der Waals surface area (Å²) in [6.07, 6.45) is 0.207. The van der Waals surface area contributed by atoms with E-state index in [9.17, 15) is 9.59 Å². The summed E-state index contributed by atoms with van der Waals surface area (Å²) >= 11 is 0. The zero-order chi connectivity index (χ0) is 15.6. The Bertz CT molecular complexity index is 368. The fraction of sp³-hybridized carbons (Fsp3) is 0.867. The van der Waals surface area contributed by atoms with E-state index in [2.05, 4.69) is 34.6 Å². The lowest BCUT2D eigenvalue weighted by molar-refractivity contribution is -0.169. The lowest BCUT2D eigenvalue weighted by Crippen LogP contribution is -2.45. The molecule has 0 saturated carbocycles. The Kier molecular flexibility index (Phi) is 4.72. The van der Waals surface area contributed by atoms with E-state index in [0.29, 0.717) is 6.61 Å². The molecule has 1 saturated heterocycles. The molecule has 0 unspecified atom stereocenters. The zero-order valence-electron chi connectivity index (χ0n) is 13.4. The molecule has 0 atom stereocenters. The standard InChI is InChI=1S/C15H26O5/c1-13(2,3)7-14(4,5)8-18-11(16)15(6)9-19-12(17)20-10-15/h7-10H2,1-6H3. The Balaban J connectivity index is 2.52. The molecule has 20 heavy (non-hydrogen) atoms. The summed E-state index contributed by atoms with van der Waals surface area (Å²) in [4.78, 5) is 23.0. The van der Waals surface area contributed by atoms with Gasteiger partial charge in [-0.15, -0.1) is 0 Å². The first-order valence-corrected chi connectivity index (χ1v) is 6.90. The van der Waals surface area contributed by atoms with Crippen LogP contribution in [0.3, 0.4) is 0 Å². The third kappa shape index (κ3) is 5.02. The average Bonchev–Trinajstić information content (AvgIpc) is 2.27. The van der Waals surface area contributed by atoms with Crippen LogP contribution in [-0.4, -0.2) is 31.9 Å². The van der Waals surface area contributed by atoms with E-state index >= 15 is 0 Å². The minimum Gasteiger partial charge on any atom is -0.465 e. The van der Waals surface area contributed by atoms with Crippen LogP contribution in [0.2, 0.25) is 0 Å². The van der Waals surface area contributed by atoms with E-state index in [1.165, 1.54) is 0 Å². The van der Waals surface area contributed by atoms with Crippen molar-refractivity contribution in [1.29, 1.82) is 0 Å². The predicted molar refractivity (Wildman–Crippen MR) is 74.2 cm³/mol. The van der Waals surface area contributed by atoms with Gasteiger partial charge in [0, 0.05) is 0 Å². The van der Waals surface area contributed by atoms with E-state index < -0.39 is 11.6 Å². The van der Waals surface area contributed by atoms with Gasteiger partial charge >= 0.3 is 12.1 Å². The van der Waals surface area contributed by atoms with Crippen LogP contribution in [0.4, 0.5) is 4.79 Å². The molecule has 0 N–H and O–H groups in total. The van der Waals surface area contributed by atoms with Gasteiger partial charge in [-0.25, -0.2) is 4.79 Å². The molecule has 1 rings (SSSR count). The predicted octanol–water partition coefficient (Wildman–Crippen LogP) is 3.17. The molecule has 1 heterocycles. The monoisotopic (exact) mass is 286 g/mol. The summed E-state index contributed by atoms with van der Waals surface area (Å²) in [6.45, 7) is 12.7. The topological polar surface area (TPSA) is 61.8 Å². The van der Waals surface area contributed by atoms with Crippen molar-refractivity contribution < 1.29 is 23.8 Å². The fourth-order valence-electron chi connectivity index (χ4n) is 2.56. The number of hydrogen-bond acceptors (Lipinski definition) is 5. The molecule has 0 aromatic rings. The highest BCUT2D eigenvalue weighted by Crippen LogP contribution is 2.34. The summed E-state index contributed by atoms with van der Waals surface area (Å²) in [5.41, 5.74) is -0.842. The van der Waals surface area contributed by atoms with Gasteiger partial charge in [-0.3, -0.25) is 4.79 Å². The highest BCUT2D eigenvalue weighted by atomic mass is 16.7. The molecule has 0 radical (unpaired) electrons. The Morgan fingerprint density at radius 3 is 2.15 bits per heavy atom. The smallest absolute Gasteiger partial charge is 0.465 e. The molecule has 0 aromatic carbocycles. The third-order valence-corrected chi connectivity index (χ3v) is 3.11. The van der Waals surface area contributed by atoms with E-state index in [1.807, 2.05) is 0 Å².